The van der Waals surface area contributed by atoms with Gasteiger partial charge in [-0.15, -0.1) is 0 Å². The van der Waals surface area contributed by atoms with Crippen molar-refractivity contribution in [2.24, 2.45) is 5.92 Å². The van der Waals surface area contributed by atoms with Crippen LogP contribution in [0.1, 0.15) is 15.9 Å². The van der Waals surface area contributed by atoms with Crippen LogP contribution in [-0.4, -0.2) is 62.1 Å². The summed E-state index contributed by atoms with van der Waals surface area (Å²) >= 11 is 0. The van der Waals surface area contributed by atoms with E-state index in [1.54, 1.807) is 24.3 Å². The topological polar surface area (TPSA) is 123 Å². The molecule has 0 aromatic heterocycles. The van der Waals surface area contributed by atoms with Crippen LogP contribution in [0.5, 0.6) is 5.75 Å². The van der Waals surface area contributed by atoms with Crippen LogP contribution < -0.4 is 15.4 Å². The van der Waals surface area contributed by atoms with Crippen molar-refractivity contribution < 1.29 is 37.8 Å². The average molecular weight is 471 g/mol. The summed E-state index contributed by atoms with van der Waals surface area (Å²) in [4.78, 5) is 49.1. The Balaban J connectivity index is 1.57. The zero-order valence-electron chi connectivity index (χ0n) is 18.4. The van der Waals surface area contributed by atoms with Gasteiger partial charge in [-0.25, -0.2) is 14.0 Å². The molecule has 0 saturated heterocycles. The molecule has 34 heavy (non-hydrogen) atoms. The monoisotopic (exact) mass is 471 g/mol. The van der Waals surface area contributed by atoms with Gasteiger partial charge in [0.1, 0.15) is 29.5 Å². The number of benzene rings is 1. The number of hydrogen-bond donors (Lipinski definition) is 2. The first-order valence-electron chi connectivity index (χ1n) is 10.4. The van der Waals surface area contributed by atoms with Gasteiger partial charge in [0.2, 0.25) is 6.41 Å². The van der Waals surface area contributed by atoms with E-state index in [0.29, 0.717) is 17.9 Å². The van der Waals surface area contributed by atoms with Gasteiger partial charge in [0.05, 0.1) is 19.8 Å². The number of carbonyl (C=O) groups is 4. The zero-order valence-corrected chi connectivity index (χ0v) is 18.4. The summed E-state index contributed by atoms with van der Waals surface area (Å²) in [7, 11) is 2.66. The van der Waals surface area contributed by atoms with E-state index < -0.39 is 35.9 Å². The van der Waals surface area contributed by atoms with Crippen LogP contribution in [0, 0.1) is 5.92 Å². The van der Waals surface area contributed by atoms with E-state index in [1.165, 1.54) is 18.1 Å². The van der Waals surface area contributed by atoms with Gasteiger partial charge < -0.3 is 24.4 Å². The van der Waals surface area contributed by atoms with Gasteiger partial charge >= 0.3 is 12.0 Å². The van der Waals surface area contributed by atoms with Gasteiger partial charge in [0.15, 0.2) is 0 Å². The normalized spacial score (nSPS) is 21.2. The van der Waals surface area contributed by atoms with Crippen LogP contribution in [0.25, 0.3) is 0 Å². The lowest BCUT2D eigenvalue weighted by Gasteiger charge is -2.26. The van der Waals surface area contributed by atoms with Crippen molar-refractivity contribution in [3.05, 3.63) is 64.7 Å². The van der Waals surface area contributed by atoms with Crippen LogP contribution in [-0.2, 0) is 25.6 Å². The number of amides is 4. The maximum atomic E-state index is 14.4. The summed E-state index contributed by atoms with van der Waals surface area (Å²) in [5, 5.41) is 4.59. The molecular weight excluding hydrogens is 449 g/mol. The van der Waals surface area contributed by atoms with E-state index in [0.717, 1.165) is 18.7 Å². The molecule has 10 nitrogen and oxygen atoms in total. The van der Waals surface area contributed by atoms with E-state index in [9.17, 15) is 23.6 Å². The molecule has 3 atom stereocenters. The number of hydrogen-bond acceptors (Lipinski definition) is 7. The number of carbonyl (C=O) groups excluding carboxylic acids is 4. The predicted octanol–water partition coefficient (Wildman–Crippen LogP) is 1.34. The first-order valence-corrected chi connectivity index (χ1v) is 10.4. The Hall–Kier alpha value is -4.15. The summed E-state index contributed by atoms with van der Waals surface area (Å²) in [6.07, 6.45) is 3.68. The molecule has 11 heteroatoms. The van der Waals surface area contributed by atoms with Crippen LogP contribution >= 0.6 is 0 Å². The quantitative estimate of drug-likeness (QED) is 0.454. The number of ether oxygens (including phenoxy) is 3. The Labute approximate surface area is 194 Å². The Bertz CT molecular complexity index is 1140. The number of esters is 1. The molecule has 178 valence electrons. The highest BCUT2D eigenvalue weighted by Crippen LogP contribution is 2.36. The van der Waals surface area contributed by atoms with Crippen LogP contribution in [0.15, 0.2) is 53.6 Å². The van der Waals surface area contributed by atoms with Crippen molar-refractivity contribution in [3.63, 3.8) is 0 Å². The molecule has 0 saturated carbocycles. The molecule has 1 aromatic rings. The number of halogens is 1. The Morgan fingerprint density at radius 3 is 2.79 bits per heavy atom. The Morgan fingerprint density at radius 1 is 1.29 bits per heavy atom. The molecule has 1 aromatic carbocycles. The van der Waals surface area contributed by atoms with E-state index >= 15 is 0 Å². The summed E-state index contributed by atoms with van der Waals surface area (Å²) in [5.74, 6) is -1.52. The molecular formula is C23H22FN3O7. The smallest absolute Gasteiger partial charge is 0.340 e. The molecule has 1 aliphatic carbocycles. The second-order valence-electron chi connectivity index (χ2n) is 7.81. The van der Waals surface area contributed by atoms with Gasteiger partial charge in [-0.2, -0.15) is 0 Å². The fraction of sp³-hybridized carbons (Fsp3) is 0.304. The van der Waals surface area contributed by atoms with E-state index in [2.05, 4.69) is 10.1 Å². The minimum atomic E-state index is -0.850. The molecule has 0 fully saturated rings. The molecule has 0 radical (unpaired) electrons. The van der Waals surface area contributed by atoms with Crippen LogP contribution in [0.2, 0.25) is 0 Å². The third kappa shape index (κ3) is 4.36. The predicted molar refractivity (Wildman–Crippen MR) is 115 cm³/mol. The maximum Gasteiger partial charge on any atom is 0.340 e. The highest BCUT2D eigenvalue weighted by molar-refractivity contribution is 5.99. The second-order valence-corrected chi connectivity index (χ2v) is 7.81. The molecule has 3 unspecified atom stereocenters. The van der Waals surface area contributed by atoms with Crippen molar-refractivity contribution in [2.45, 2.75) is 18.7 Å². The molecule has 2 aliphatic heterocycles. The SMILES string of the molecule is COC(=O)C1=CC2C=C(C(CN3Cc4ccc(OC)cc4C3=O)NC(=O)NC=O)OC2C=C1F. The van der Waals surface area contributed by atoms with Crippen molar-refractivity contribution in [1.29, 1.82) is 0 Å². The molecule has 4 rings (SSSR count). The van der Waals surface area contributed by atoms with Gasteiger partial charge in [-0.3, -0.25) is 14.9 Å². The number of nitrogens with zero attached hydrogens (tertiary/aromatic N) is 1. The molecule has 0 spiro atoms. The lowest BCUT2D eigenvalue weighted by molar-refractivity contribution is -0.136. The van der Waals surface area contributed by atoms with Crippen molar-refractivity contribution in [2.75, 3.05) is 20.8 Å². The van der Waals surface area contributed by atoms with Gasteiger partial charge in [0, 0.05) is 24.6 Å². The maximum absolute atomic E-state index is 14.4. The fourth-order valence-corrected chi connectivity index (χ4v) is 4.12. The third-order valence-electron chi connectivity index (χ3n) is 5.78. The largest absolute Gasteiger partial charge is 0.497 e. The Kier molecular flexibility index (Phi) is 6.35. The first-order chi connectivity index (χ1) is 16.3. The standard InChI is InChI=1S/C23H22FN3O7/c1-32-14-4-3-12-9-27(21(29)15(12)7-14)10-18(26-23(31)25-11-28)20-6-13-5-16(22(30)33-2)17(24)8-19(13)34-20/h3-8,11,13,18-19H,9-10H2,1-2H3,(H2,25,26,28,31). The molecule has 2 N–H and O–H groups in total. The van der Waals surface area contributed by atoms with Gasteiger partial charge in [-0.1, -0.05) is 12.1 Å². The molecule has 3 aliphatic rings. The van der Waals surface area contributed by atoms with Crippen molar-refractivity contribution in [1.82, 2.24) is 15.5 Å². The summed E-state index contributed by atoms with van der Waals surface area (Å²) in [6, 6.07) is 3.55. The highest BCUT2D eigenvalue weighted by atomic mass is 19.1. The fourth-order valence-electron chi connectivity index (χ4n) is 4.12. The number of imide groups is 1. The number of fused-ring (bicyclic) bond motifs is 2. The average Bonchev–Trinajstić information content (AvgIpc) is 3.37. The van der Waals surface area contributed by atoms with Crippen molar-refractivity contribution in [3.8, 4) is 5.75 Å². The molecule has 0 bridgehead atoms. The van der Waals surface area contributed by atoms with Crippen LogP contribution in [0.3, 0.4) is 0 Å². The summed E-state index contributed by atoms with van der Waals surface area (Å²) in [6.45, 7) is 0.319. The third-order valence-corrected chi connectivity index (χ3v) is 5.78. The van der Waals surface area contributed by atoms with E-state index in [-0.39, 0.29) is 30.2 Å². The number of methoxy groups -OCH3 is 2. The van der Waals surface area contributed by atoms with E-state index in [1.807, 2.05) is 5.32 Å². The van der Waals surface area contributed by atoms with Gasteiger partial charge in [-0.05, 0) is 29.8 Å². The number of rotatable bonds is 7. The zero-order chi connectivity index (χ0) is 24.4. The minimum Gasteiger partial charge on any atom is -0.497 e. The molecule has 4 amide bonds. The Morgan fingerprint density at radius 2 is 2.09 bits per heavy atom. The lowest BCUT2D eigenvalue weighted by atomic mass is 9.93. The highest BCUT2D eigenvalue weighted by Gasteiger charge is 2.38. The summed E-state index contributed by atoms with van der Waals surface area (Å²) in [5.41, 5.74) is 1.07. The molecule has 2 heterocycles. The van der Waals surface area contributed by atoms with Crippen molar-refractivity contribution >= 4 is 24.3 Å². The van der Waals surface area contributed by atoms with Crippen LogP contribution in [0.4, 0.5) is 9.18 Å². The number of nitrogens with one attached hydrogen (secondary N) is 2. The lowest BCUT2D eigenvalue weighted by Crippen LogP contribution is -2.48. The van der Waals surface area contributed by atoms with E-state index in [4.69, 9.17) is 9.47 Å². The summed E-state index contributed by atoms with van der Waals surface area (Å²) < 4.78 is 30.0. The minimum absolute atomic E-state index is 0.0210. The second kappa shape index (κ2) is 9.38. The first kappa shape index (κ1) is 23.0. The van der Waals surface area contributed by atoms with Gasteiger partial charge in [0.25, 0.3) is 5.91 Å². The number of urea groups is 1.